The summed E-state index contributed by atoms with van der Waals surface area (Å²) in [6, 6.07) is 0. The number of carbonyl (C=O) groups excluding carboxylic acids is 1. The lowest BCUT2D eigenvalue weighted by Crippen LogP contribution is -2.62. The van der Waals surface area contributed by atoms with E-state index in [1.165, 1.54) is 25.7 Å². The Labute approximate surface area is 220 Å². The quantitative estimate of drug-likeness (QED) is 0.390. The molecule has 0 spiro atoms. The molecule has 0 aromatic carbocycles. The van der Waals surface area contributed by atoms with Gasteiger partial charge in [0, 0.05) is 6.54 Å². The fourth-order valence-electron chi connectivity index (χ4n) is 9.86. The maximum atomic E-state index is 12.1. The number of fused-ring (bicyclic) bond motifs is 5. The molecule has 4 rings (SSSR count). The van der Waals surface area contributed by atoms with Gasteiger partial charge >= 0.3 is 6.09 Å². The Balaban J connectivity index is 1.42. The first-order chi connectivity index (χ1) is 16.8. The van der Waals surface area contributed by atoms with Crippen LogP contribution in [-0.4, -0.2) is 41.7 Å². The molecule has 208 valence electrons. The van der Waals surface area contributed by atoms with Crippen LogP contribution >= 0.6 is 0 Å². The Kier molecular flexibility index (Phi) is 8.14. The van der Waals surface area contributed by atoms with Gasteiger partial charge in [0.2, 0.25) is 0 Å². The molecule has 0 aliphatic heterocycles. The molecule has 1 amide bonds. The average Bonchev–Trinajstić information content (AvgIpc) is 3.16. The van der Waals surface area contributed by atoms with Crippen LogP contribution in [0.5, 0.6) is 0 Å². The molecular weight excluding hydrogens is 450 g/mol. The number of ether oxygens (including phenoxy) is 1. The molecule has 4 saturated carbocycles. The maximum Gasteiger partial charge on any atom is 0.407 e. The molecule has 4 fully saturated rings. The van der Waals surface area contributed by atoms with Crippen molar-refractivity contribution < 1.29 is 19.7 Å². The van der Waals surface area contributed by atoms with Crippen molar-refractivity contribution in [3.05, 3.63) is 0 Å². The first-order valence-corrected chi connectivity index (χ1v) is 15.1. The van der Waals surface area contributed by atoms with Crippen molar-refractivity contribution in [2.75, 3.05) is 13.2 Å². The van der Waals surface area contributed by atoms with Gasteiger partial charge in [-0.1, -0.05) is 54.9 Å². The van der Waals surface area contributed by atoms with Crippen LogP contribution in [0.1, 0.15) is 106 Å². The minimum absolute atomic E-state index is 0.0492. The predicted octanol–water partition coefficient (Wildman–Crippen LogP) is 6.41. The number of hydrogen-bond acceptors (Lipinski definition) is 4. The second kappa shape index (κ2) is 10.4. The topological polar surface area (TPSA) is 78.8 Å². The molecule has 0 radical (unpaired) electrons. The zero-order valence-electron chi connectivity index (χ0n) is 24.2. The van der Waals surface area contributed by atoms with Gasteiger partial charge in [0.1, 0.15) is 0 Å². The van der Waals surface area contributed by atoms with Crippen LogP contribution < -0.4 is 5.32 Å². The van der Waals surface area contributed by atoms with Crippen molar-refractivity contribution >= 4 is 6.09 Å². The number of aliphatic hydroxyl groups excluding tert-OH is 2. The van der Waals surface area contributed by atoms with Gasteiger partial charge in [0.15, 0.2) is 0 Å². The first-order valence-electron chi connectivity index (χ1n) is 15.1. The Morgan fingerprint density at radius 1 is 1.03 bits per heavy atom. The molecule has 36 heavy (non-hydrogen) atoms. The number of hydrogen-bond donors (Lipinski definition) is 3. The molecule has 5 heteroatoms. The summed E-state index contributed by atoms with van der Waals surface area (Å²) in [5.74, 6) is 3.43. The van der Waals surface area contributed by atoms with Crippen LogP contribution in [0.3, 0.4) is 0 Å². The molecule has 11 atom stereocenters. The molecule has 0 aromatic rings. The Hall–Kier alpha value is -0.810. The number of aliphatic hydroxyl groups is 2. The van der Waals surface area contributed by atoms with Gasteiger partial charge in [-0.15, -0.1) is 0 Å². The highest BCUT2D eigenvalue weighted by atomic mass is 16.5. The van der Waals surface area contributed by atoms with Gasteiger partial charge < -0.3 is 20.3 Å². The highest BCUT2D eigenvalue weighted by molar-refractivity contribution is 5.67. The van der Waals surface area contributed by atoms with Crippen molar-refractivity contribution in [3.63, 3.8) is 0 Å². The van der Waals surface area contributed by atoms with Crippen LogP contribution in [0, 0.1) is 57.7 Å². The van der Waals surface area contributed by atoms with Crippen LogP contribution in [-0.2, 0) is 4.74 Å². The summed E-state index contributed by atoms with van der Waals surface area (Å²) in [5, 5.41) is 25.2. The molecular formula is C31H55NO4. The summed E-state index contributed by atoms with van der Waals surface area (Å²) in [5.41, 5.74) is 0.558. The zero-order valence-corrected chi connectivity index (χ0v) is 24.2. The third-order valence-corrected chi connectivity index (χ3v) is 11.7. The predicted molar refractivity (Wildman–Crippen MR) is 144 cm³/mol. The summed E-state index contributed by atoms with van der Waals surface area (Å²) >= 11 is 0. The summed E-state index contributed by atoms with van der Waals surface area (Å²) < 4.78 is 5.54. The standard InChI is InChI=1S/C31H55NO4/c1-8-21-25-17-20(33)11-14-31(25,7)24-12-15-30(6)22(9-10-23(30)26(24)27(21)34)19(2)13-16-36-28(35)32-18-29(3,4)5/h19-27,33-34H,8-18H2,1-7H3,(H,32,35)/t19-,20-,21-,22-,23+,24+,25+,26?,27-,30-,31-/m1/s1. The summed E-state index contributed by atoms with van der Waals surface area (Å²) in [6.45, 7) is 17.0. The Bertz CT molecular complexity index is 779. The first kappa shape index (κ1) is 28.2. The van der Waals surface area contributed by atoms with Gasteiger partial charge in [-0.05, 0) is 109 Å². The van der Waals surface area contributed by atoms with Crippen LogP contribution in [0.25, 0.3) is 0 Å². The summed E-state index contributed by atoms with van der Waals surface area (Å²) in [7, 11) is 0. The molecule has 3 N–H and O–H groups in total. The fraction of sp³-hybridized carbons (Fsp3) is 0.968. The van der Waals surface area contributed by atoms with E-state index in [0.717, 1.165) is 32.1 Å². The van der Waals surface area contributed by atoms with E-state index in [2.05, 4.69) is 53.8 Å². The maximum absolute atomic E-state index is 12.1. The Morgan fingerprint density at radius 3 is 2.36 bits per heavy atom. The van der Waals surface area contributed by atoms with E-state index in [1.807, 2.05) is 0 Å². The normalized spacial score (nSPS) is 45.2. The number of alkyl carbamates (subject to hydrolysis) is 1. The smallest absolute Gasteiger partial charge is 0.407 e. The number of nitrogens with one attached hydrogen (secondary N) is 1. The number of amides is 1. The summed E-state index contributed by atoms with van der Waals surface area (Å²) in [6.07, 6.45) is 9.00. The van der Waals surface area contributed by atoms with Gasteiger partial charge in [-0.25, -0.2) is 4.79 Å². The lowest BCUT2D eigenvalue weighted by atomic mass is 9.41. The molecule has 0 saturated heterocycles. The van der Waals surface area contributed by atoms with Crippen molar-refractivity contribution in [1.29, 1.82) is 0 Å². The minimum atomic E-state index is -0.301. The van der Waals surface area contributed by atoms with E-state index in [-0.39, 0.29) is 34.5 Å². The van der Waals surface area contributed by atoms with Crippen molar-refractivity contribution in [2.45, 2.75) is 118 Å². The van der Waals surface area contributed by atoms with E-state index >= 15 is 0 Å². The third-order valence-electron chi connectivity index (χ3n) is 11.7. The molecule has 0 aromatic heterocycles. The van der Waals surface area contributed by atoms with E-state index in [0.29, 0.717) is 54.6 Å². The second-order valence-electron chi connectivity index (χ2n) is 14.9. The molecule has 1 unspecified atom stereocenters. The molecule has 5 nitrogen and oxygen atoms in total. The van der Waals surface area contributed by atoms with Crippen LogP contribution in [0.4, 0.5) is 4.79 Å². The van der Waals surface area contributed by atoms with Gasteiger partial charge in [0.25, 0.3) is 0 Å². The molecule has 4 aliphatic carbocycles. The van der Waals surface area contributed by atoms with E-state index < -0.39 is 0 Å². The third kappa shape index (κ3) is 5.09. The summed E-state index contributed by atoms with van der Waals surface area (Å²) in [4.78, 5) is 12.1. The lowest BCUT2D eigenvalue weighted by Gasteiger charge is -2.64. The number of carbonyl (C=O) groups is 1. The van der Waals surface area contributed by atoms with Crippen molar-refractivity contribution in [1.82, 2.24) is 5.32 Å². The molecule has 4 aliphatic rings. The van der Waals surface area contributed by atoms with Gasteiger partial charge in [0.05, 0.1) is 18.8 Å². The lowest BCUT2D eigenvalue weighted by molar-refractivity contribution is -0.203. The van der Waals surface area contributed by atoms with Crippen LogP contribution in [0.2, 0.25) is 0 Å². The molecule has 0 heterocycles. The molecule has 0 bridgehead atoms. The van der Waals surface area contributed by atoms with E-state index in [4.69, 9.17) is 4.74 Å². The highest BCUT2D eigenvalue weighted by Crippen LogP contribution is 2.69. The fourth-order valence-corrected chi connectivity index (χ4v) is 9.86. The minimum Gasteiger partial charge on any atom is -0.450 e. The van der Waals surface area contributed by atoms with Crippen molar-refractivity contribution in [3.8, 4) is 0 Å². The van der Waals surface area contributed by atoms with Crippen molar-refractivity contribution in [2.24, 2.45) is 57.7 Å². The average molecular weight is 506 g/mol. The van der Waals surface area contributed by atoms with E-state index in [1.54, 1.807) is 0 Å². The highest BCUT2D eigenvalue weighted by Gasteiger charge is 2.64. The monoisotopic (exact) mass is 505 g/mol. The largest absolute Gasteiger partial charge is 0.450 e. The number of rotatable bonds is 6. The van der Waals surface area contributed by atoms with Crippen LogP contribution in [0.15, 0.2) is 0 Å². The Morgan fingerprint density at radius 2 is 1.69 bits per heavy atom. The van der Waals surface area contributed by atoms with E-state index in [9.17, 15) is 15.0 Å². The SMILES string of the molecule is CC[C@H]1[C@@H](O)C2[C@@H]3CC[C@H]([C@H](C)CCOC(=O)NCC(C)(C)C)[C@@]3(C)CC[C@@H]2[C@@]2(C)CC[C@@H](O)C[C@@H]12. The van der Waals surface area contributed by atoms with Gasteiger partial charge in [-0.2, -0.15) is 0 Å². The second-order valence-corrected chi connectivity index (χ2v) is 14.9. The zero-order chi connectivity index (χ0) is 26.5. The van der Waals surface area contributed by atoms with Gasteiger partial charge in [-0.3, -0.25) is 0 Å².